The van der Waals surface area contributed by atoms with Crippen LogP contribution in [0.25, 0.3) is 0 Å². The number of nitrogens with one attached hydrogen (secondary N) is 1. The minimum Gasteiger partial charge on any atom is -0.497 e. The van der Waals surface area contributed by atoms with Gasteiger partial charge >= 0.3 is 5.97 Å². The number of ether oxygens (including phenoxy) is 2. The smallest absolute Gasteiger partial charge is 0.329 e. The number of hydrogen-bond acceptors (Lipinski definition) is 5. The van der Waals surface area contributed by atoms with Gasteiger partial charge in [0.1, 0.15) is 11.8 Å². The highest BCUT2D eigenvalue weighted by Crippen LogP contribution is 2.31. The molecule has 2 aromatic rings. The highest BCUT2D eigenvalue weighted by Gasteiger charge is 2.32. The summed E-state index contributed by atoms with van der Waals surface area (Å²) < 4.78 is 10.4. The molecule has 1 aliphatic rings. The Balaban J connectivity index is 1.61. The molecule has 0 aromatic heterocycles. The molecule has 0 spiro atoms. The van der Waals surface area contributed by atoms with Gasteiger partial charge in [0, 0.05) is 17.3 Å². The summed E-state index contributed by atoms with van der Waals surface area (Å²) in [4.78, 5) is 39.7. The Morgan fingerprint density at radius 2 is 1.77 bits per heavy atom. The number of methoxy groups -OCH3 is 1. The lowest BCUT2D eigenvalue weighted by atomic mass is 10.0. The maximum absolute atomic E-state index is 12.8. The second-order valence-electron chi connectivity index (χ2n) is 7.98. The molecule has 164 valence electrons. The van der Waals surface area contributed by atoms with Crippen LogP contribution in [0.15, 0.2) is 48.5 Å². The predicted molar refractivity (Wildman–Crippen MR) is 117 cm³/mol. The zero-order valence-corrected chi connectivity index (χ0v) is 18.3. The number of nitrogens with zero attached hydrogens (tertiary/aromatic N) is 1. The van der Waals surface area contributed by atoms with Gasteiger partial charge in [-0.2, -0.15) is 0 Å². The summed E-state index contributed by atoms with van der Waals surface area (Å²) in [6, 6.07) is 13.4. The minimum atomic E-state index is -0.870. The van der Waals surface area contributed by atoms with E-state index in [9.17, 15) is 14.4 Å². The van der Waals surface area contributed by atoms with Gasteiger partial charge in [0.2, 0.25) is 0 Å². The average Bonchev–Trinajstić information content (AvgIpc) is 3.11. The average molecular weight is 424 g/mol. The van der Waals surface area contributed by atoms with Crippen LogP contribution in [0.5, 0.6) is 5.75 Å². The predicted octanol–water partition coefficient (Wildman–Crippen LogP) is 2.97. The Morgan fingerprint density at radius 1 is 1.10 bits per heavy atom. The van der Waals surface area contributed by atoms with E-state index >= 15 is 0 Å². The van der Waals surface area contributed by atoms with E-state index in [4.69, 9.17) is 9.47 Å². The zero-order chi connectivity index (χ0) is 22.5. The van der Waals surface area contributed by atoms with Gasteiger partial charge in [0.15, 0.2) is 6.61 Å². The Kier molecular flexibility index (Phi) is 6.95. The maximum Gasteiger partial charge on any atom is 0.329 e. The monoisotopic (exact) mass is 424 g/mol. The van der Waals surface area contributed by atoms with Crippen molar-refractivity contribution in [3.8, 4) is 5.75 Å². The number of para-hydroxylation sites is 1. The van der Waals surface area contributed by atoms with Crippen molar-refractivity contribution >= 4 is 23.5 Å². The third-order valence-corrected chi connectivity index (χ3v) is 5.37. The summed E-state index contributed by atoms with van der Waals surface area (Å²) in [7, 11) is 1.54. The van der Waals surface area contributed by atoms with E-state index in [-0.39, 0.29) is 24.5 Å². The first-order valence-corrected chi connectivity index (χ1v) is 10.3. The molecule has 2 atom stereocenters. The molecule has 0 fully saturated rings. The first-order valence-electron chi connectivity index (χ1n) is 10.3. The normalized spacial score (nSPS) is 15.9. The van der Waals surface area contributed by atoms with Crippen molar-refractivity contribution in [1.29, 1.82) is 0 Å². The van der Waals surface area contributed by atoms with Crippen LogP contribution in [0.3, 0.4) is 0 Å². The highest BCUT2D eigenvalue weighted by molar-refractivity contribution is 5.99. The molecule has 3 rings (SSSR count). The minimum absolute atomic E-state index is 0.000674. The number of carbonyl (C=O) groups is 3. The first-order chi connectivity index (χ1) is 14.8. The molecule has 7 nitrogen and oxygen atoms in total. The zero-order valence-electron chi connectivity index (χ0n) is 18.3. The molecule has 7 heteroatoms. The maximum atomic E-state index is 12.8. The van der Waals surface area contributed by atoms with Crippen LogP contribution in [0, 0.1) is 5.92 Å². The summed E-state index contributed by atoms with van der Waals surface area (Å²) in [5.74, 6) is -0.893. The molecule has 0 unspecified atom stereocenters. The van der Waals surface area contributed by atoms with E-state index in [1.807, 2.05) is 31.2 Å². The lowest BCUT2D eigenvalue weighted by Crippen LogP contribution is -2.46. The second-order valence-corrected chi connectivity index (χ2v) is 7.98. The summed E-state index contributed by atoms with van der Waals surface area (Å²) in [5.41, 5.74) is 2.35. The SMILES string of the molecule is COc1ccc(C(=O)N[C@H](C(=O)OCC(=O)N2c3ccccc3C[C@@H]2C)C(C)C)cc1. The number of benzene rings is 2. The Morgan fingerprint density at radius 3 is 2.42 bits per heavy atom. The largest absolute Gasteiger partial charge is 0.497 e. The number of carbonyl (C=O) groups excluding carboxylic acids is 3. The summed E-state index contributed by atoms with van der Waals surface area (Å²) in [5, 5.41) is 2.71. The molecule has 1 N–H and O–H groups in total. The van der Waals surface area contributed by atoms with E-state index in [1.54, 1.807) is 50.1 Å². The van der Waals surface area contributed by atoms with Gasteiger partial charge in [-0.3, -0.25) is 9.59 Å². The van der Waals surface area contributed by atoms with Crippen molar-refractivity contribution in [3.63, 3.8) is 0 Å². The third-order valence-electron chi connectivity index (χ3n) is 5.37. The summed E-state index contributed by atoms with van der Waals surface area (Å²) >= 11 is 0. The van der Waals surface area contributed by atoms with Crippen LogP contribution >= 0.6 is 0 Å². The topological polar surface area (TPSA) is 84.9 Å². The van der Waals surface area contributed by atoms with Crippen LogP contribution in [0.4, 0.5) is 5.69 Å². The fourth-order valence-electron chi connectivity index (χ4n) is 3.70. The lowest BCUT2D eigenvalue weighted by molar-refractivity contribution is -0.150. The fourth-order valence-corrected chi connectivity index (χ4v) is 3.70. The van der Waals surface area contributed by atoms with Crippen LogP contribution in [0.2, 0.25) is 0 Å². The molecule has 0 radical (unpaired) electrons. The van der Waals surface area contributed by atoms with Gasteiger partial charge in [0.05, 0.1) is 7.11 Å². The lowest BCUT2D eigenvalue weighted by Gasteiger charge is -2.24. The van der Waals surface area contributed by atoms with Gasteiger partial charge in [-0.05, 0) is 55.2 Å². The molecular formula is C24H28N2O5. The third kappa shape index (κ3) is 5.05. The van der Waals surface area contributed by atoms with Gasteiger partial charge in [-0.25, -0.2) is 4.79 Å². The molecule has 1 aliphatic heterocycles. The van der Waals surface area contributed by atoms with Crippen LogP contribution in [-0.4, -0.2) is 43.6 Å². The van der Waals surface area contributed by atoms with Gasteiger partial charge in [-0.1, -0.05) is 32.0 Å². The number of esters is 1. The summed E-state index contributed by atoms with van der Waals surface area (Å²) in [6.45, 7) is 5.20. The van der Waals surface area contributed by atoms with Crippen molar-refractivity contribution in [2.24, 2.45) is 5.92 Å². The number of anilines is 1. The number of fused-ring (bicyclic) bond motifs is 1. The fraction of sp³-hybridized carbons (Fsp3) is 0.375. The molecule has 0 bridgehead atoms. The van der Waals surface area contributed by atoms with Gasteiger partial charge in [0.25, 0.3) is 11.8 Å². The van der Waals surface area contributed by atoms with E-state index < -0.39 is 17.9 Å². The van der Waals surface area contributed by atoms with Crippen LogP contribution in [0.1, 0.15) is 36.7 Å². The van der Waals surface area contributed by atoms with Crippen LogP contribution < -0.4 is 15.0 Å². The van der Waals surface area contributed by atoms with E-state index in [0.29, 0.717) is 11.3 Å². The Labute approximate surface area is 182 Å². The number of rotatable bonds is 7. The second kappa shape index (κ2) is 9.64. The first kappa shape index (κ1) is 22.3. The van der Waals surface area contributed by atoms with Gasteiger partial charge in [-0.15, -0.1) is 0 Å². The van der Waals surface area contributed by atoms with Crippen molar-refractivity contribution in [3.05, 3.63) is 59.7 Å². The quantitative estimate of drug-likeness (QED) is 0.691. The van der Waals surface area contributed by atoms with Crippen molar-refractivity contribution in [1.82, 2.24) is 5.32 Å². The molecule has 1 heterocycles. The van der Waals surface area contributed by atoms with E-state index in [0.717, 1.165) is 17.7 Å². The molecule has 0 saturated carbocycles. The Hall–Kier alpha value is -3.35. The van der Waals surface area contributed by atoms with E-state index in [2.05, 4.69) is 5.32 Å². The number of amides is 2. The highest BCUT2D eigenvalue weighted by atomic mass is 16.5. The molecule has 2 aromatic carbocycles. The van der Waals surface area contributed by atoms with Crippen molar-refractivity contribution in [2.75, 3.05) is 18.6 Å². The van der Waals surface area contributed by atoms with Gasteiger partial charge < -0.3 is 19.7 Å². The van der Waals surface area contributed by atoms with E-state index in [1.165, 1.54) is 0 Å². The molecule has 31 heavy (non-hydrogen) atoms. The molecule has 0 aliphatic carbocycles. The molecule has 2 amide bonds. The molecule has 0 saturated heterocycles. The standard InChI is InChI=1S/C24H28N2O5/c1-15(2)22(25-23(28)17-9-11-19(30-4)12-10-17)24(29)31-14-21(27)26-16(3)13-18-7-5-6-8-20(18)26/h5-12,15-16,22H,13-14H2,1-4H3,(H,25,28)/t16-,22-/m0/s1. The summed E-state index contributed by atoms with van der Waals surface area (Å²) in [6.07, 6.45) is 0.766. The van der Waals surface area contributed by atoms with Crippen LogP contribution in [-0.2, 0) is 20.7 Å². The molecular weight excluding hydrogens is 396 g/mol. The Bertz CT molecular complexity index is 955. The van der Waals surface area contributed by atoms with Crippen molar-refractivity contribution in [2.45, 2.75) is 39.3 Å². The number of hydrogen-bond donors (Lipinski definition) is 1. The van der Waals surface area contributed by atoms with Crippen molar-refractivity contribution < 1.29 is 23.9 Å².